The smallest absolute Gasteiger partial charge is 0.335 e. The van der Waals surface area contributed by atoms with Gasteiger partial charge in [0.05, 0.1) is 5.56 Å². The SMILES string of the molecule is CN1CCCCC1CCN1CCc2ccc(C(=O)O)cc21. The number of rotatable bonds is 4. The second-order valence-corrected chi connectivity index (χ2v) is 6.30. The van der Waals surface area contributed by atoms with Crippen LogP contribution in [0.3, 0.4) is 0 Å². The number of hydrogen-bond acceptors (Lipinski definition) is 3. The molecule has 1 atom stereocenters. The molecule has 2 heterocycles. The molecule has 1 aromatic rings. The Balaban J connectivity index is 1.66. The molecule has 0 radical (unpaired) electrons. The summed E-state index contributed by atoms with van der Waals surface area (Å²) in [4.78, 5) is 16.0. The summed E-state index contributed by atoms with van der Waals surface area (Å²) >= 11 is 0. The molecule has 4 heteroatoms. The molecule has 0 amide bonds. The van der Waals surface area contributed by atoms with E-state index < -0.39 is 5.97 Å². The Morgan fingerprint density at radius 1 is 1.33 bits per heavy atom. The molecule has 21 heavy (non-hydrogen) atoms. The lowest BCUT2D eigenvalue weighted by molar-refractivity contribution is 0.0697. The third kappa shape index (κ3) is 3.05. The van der Waals surface area contributed by atoms with Gasteiger partial charge in [0.1, 0.15) is 0 Å². The van der Waals surface area contributed by atoms with E-state index in [-0.39, 0.29) is 0 Å². The molecule has 0 spiro atoms. The van der Waals surface area contributed by atoms with Crippen molar-refractivity contribution < 1.29 is 9.90 Å². The maximum Gasteiger partial charge on any atom is 0.335 e. The maximum atomic E-state index is 11.1. The van der Waals surface area contributed by atoms with E-state index in [2.05, 4.69) is 16.8 Å². The Kier molecular flexibility index (Phi) is 4.15. The van der Waals surface area contributed by atoms with Gasteiger partial charge in [0.15, 0.2) is 0 Å². The van der Waals surface area contributed by atoms with Crippen molar-refractivity contribution in [3.8, 4) is 0 Å². The molecule has 0 saturated carbocycles. The van der Waals surface area contributed by atoms with Gasteiger partial charge >= 0.3 is 5.97 Å². The van der Waals surface area contributed by atoms with Crippen molar-refractivity contribution in [3.63, 3.8) is 0 Å². The Morgan fingerprint density at radius 2 is 2.19 bits per heavy atom. The van der Waals surface area contributed by atoms with Crippen molar-refractivity contribution in [2.75, 3.05) is 31.6 Å². The van der Waals surface area contributed by atoms with Crippen molar-refractivity contribution in [3.05, 3.63) is 29.3 Å². The third-order valence-corrected chi connectivity index (χ3v) is 4.98. The third-order valence-electron chi connectivity index (χ3n) is 4.98. The van der Waals surface area contributed by atoms with Gasteiger partial charge in [-0.15, -0.1) is 0 Å². The molecule has 4 nitrogen and oxygen atoms in total. The highest BCUT2D eigenvalue weighted by molar-refractivity contribution is 5.89. The number of anilines is 1. The van der Waals surface area contributed by atoms with Gasteiger partial charge in [0.2, 0.25) is 0 Å². The lowest BCUT2D eigenvalue weighted by Gasteiger charge is -2.34. The van der Waals surface area contributed by atoms with Crippen LogP contribution in [0.2, 0.25) is 0 Å². The highest BCUT2D eigenvalue weighted by atomic mass is 16.4. The van der Waals surface area contributed by atoms with Crippen LogP contribution in [0, 0.1) is 0 Å². The number of aromatic carboxylic acids is 1. The van der Waals surface area contributed by atoms with Gasteiger partial charge in [-0.2, -0.15) is 0 Å². The van der Waals surface area contributed by atoms with Crippen LogP contribution in [-0.2, 0) is 6.42 Å². The zero-order chi connectivity index (χ0) is 14.8. The van der Waals surface area contributed by atoms with Crippen LogP contribution in [0.25, 0.3) is 0 Å². The molecular formula is C17H24N2O2. The molecule has 2 aliphatic rings. The fourth-order valence-corrected chi connectivity index (χ4v) is 3.62. The van der Waals surface area contributed by atoms with Gasteiger partial charge in [-0.3, -0.25) is 0 Å². The largest absolute Gasteiger partial charge is 0.478 e. The van der Waals surface area contributed by atoms with Crippen molar-refractivity contribution in [2.24, 2.45) is 0 Å². The molecule has 0 aliphatic carbocycles. The Labute approximate surface area is 126 Å². The molecule has 3 rings (SSSR count). The number of nitrogens with zero attached hydrogens (tertiary/aromatic N) is 2. The highest BCUT2D eigenvalue weighted by Gasteiger charge is 2.23. The molecule has 0 aromatic heterocycles. The fraction of sp³-hybridized carbons (Fsp3) is 0.588. The zero-order valence-electron chi connectivity index (χ0n) is 12.7. The Bertz CT molecular complexity index is 530. The van der Waals surface area contributed by atoms with Gasteiger partial charge in [-0.05, 0) is 57.0 Å². The van der Waals surface area contributed by atoms with Crippen LogP contribution in [0.15, 0.2) is 18.2 Å². The summed E-state index contributed by atoms with van der Waals surface area (Å²) in [6.45, 7) is 3.27. The number of carboxylic acid groups (broad SMARTS) is 1. The molecule has 1 fully saturated rings. The van der Waals surface area contributed by atoms with Crippen LogP contribution >= 0.6 is 0 Å². The number of fused-ring (bicyclic) bond motifs is 1. The Hall–Kier alpha value is -1.55. The fourth-order valence-electron chi connectivity index (χ4n) is 3.62. The number of carbonyl (C=O) groups is 1. The quantitative estimate of drug-likeness (QED) is 0.925. The van der Waals surface area contributed by atoms with E-state index in [4.69, 9.17) is 5.11 Å². The predicted octanol–water partition coefficient (Wildman–Crippen LogP) is 2.62. The lowest BCUT2D eigenvalue weighted by atomic mass is 10.00. The zero-order valence-corrected chi connectivity index (χ0v) is 12.7. The number of benzene rings is 1. The molecule has 114 valence electrons. The van der Waals surface area contributed by atoms with E-state index >= 15 is 0 Å². The monoisotopic (exact) mass is 288 g/mol. The summed E-state index contributed by atoms with van der Waals surface area (Å²) in [5, 5.41) is 9.15. The topological polar surface area (TPSA) is 43.8 Å². The van der Waals surface area contributed by atoms with Crippen LogP contribution in [0.5, 0.6) is 0 Å². The van der Waals surface area contributed by atoms with Crippen LogP contribution in [-0.4, -0.2) is 48.7 Å². The predicted molar refractivity (Wildman–Crippen MR) is 84.2 cm³/mol. The van der Waals surface area contributed by atoms with Crippen molar-refractivity contribution in [1.29, 1.82) is 0 Å². The van der Waals surface area contributed by atoms with Crippen LogP contribution in [0.1, 0.15) is 41.6 Å². The molecule has 0 bridgehead atoms. The maximum absolute atomic E-state index is 11.1. The van der Waals surface area contributed by atoms with E-state index in [9.17, 15) is 4.79 Å². The molecule has 1 aromatic carbocycles. The van der Waals surface area contributed by atoms with Gasteiger partial charge < -0.3 is 14.9 Å². The Morgan fingerprint density at radius 3 is 2.95 bits per heavy atom. The van der Waals surface area contributed by atoms with E-state index in [1.807, 2.05) is 12.1 Å². The van der Waals surface area contributed by atoms with E-state index in [0.29, 0.717) is 11.6 Å². The second-order valence-electron chi connectivity index (χ2n) is 6.30. The first-order valence-corrected chi connectivity index (χ1v) is 7.96. The number of hydrogen-bond donors (Lipinski definition) is 1. The molecule has 1 unspecified atom stereocenters. The summed E-state index contributed by atoms with van der Waals surface area (Å²) in [5.74, 6) is -0.836. The van der Waals surface area contributed by atoms with E-state index in [0.717, 1.165) is 25.2 Å². The van der Waals surface area contributed by atoms with Gasteiger partial charge in [-0.1, -0.05) is 12.5 Å². The van der Waals surface area contributed by atoms with Crippen molar-refractivity contribution in [1.82, 2.24) is 4.90 Å². The summed E-state index contributed by atoms with van der Waals surface area (Å²) in [7, 11) is 2.23. The van der Waals surface area contributed by atoms with E-state index in [1.165, 1.54) is 37.8 Å². The van der Waals surface area contributed by atoms with Gasteiger partial charge in [0, 0.05) is 24.8 Å². The first kappa shape index (κ1) is 14.4. The molecule has 2 aliphatic heterocycles. The molecular weight excluding hydrogens is 264 g/mol. The average molecular weight is 288 g/mol. The summed E-state index contributed by atoms with van der Waals surface area (Å²) < 4.78 is 0. The number of likely N-dealkylation sites (tertiary alicyclic amines) is 1. The summed E-state index contributed by atoms with van der Waals surface area (Å²) in [6, 6.07) is 6.23. The second kappa shape index (κ2) is 6.06. The minimum Gasteiger partial charge on any atom is -0.478 e. The molecule has 1 saturated heterocycles. The van der Waals surface area contributed by atoms with E-state index in [1.54, 1.807) is 6.07 Å². The summed E-state index contributed by atoms with van der Waals surface area (Å²) in [6.07, 6.45) is 6.17. The first-order chi connectivity index (χ1) is 10.1. The first-order valence-electron chi connectivity index (χ1n) is 7.96. The van der Waals surface area contributed by atoms with Crippen molar-refractivity contribution >= 4 is 11.7 Å². The number of carboxylic acids is 1. The molecule has 1 N–H and O–H groups in total. The number of piperidine rings is 1. The normalized spacial score (nSPS) is 22.3. The van der Waals surface area contributed by atoms with Gasteiger partial charge in [-0.25, -0.2) is 4.79 Å². The minimum atomic E-state index is -0.836. The summed E-state index contributed by atoms with van der Waals surface area (Å²) in [5.41, 5.74) is 2.82. The highest BCUT2D eigenvalue weighted by Crippen LogP contribution is 2.30. The van der Waals surface area contributed by atoms with Crippen LogP contribution < -0.4 is 4.90 Å². The van der Waals surface area contributed by atoms with Gasteiger partial charge in [0.25, 0.3) is 0 Å². The van der Waals surface area contributed by atoms with Crippen molar-refractivity contribution in [2.45, 2.75) is 38.1 Å². The average Bonchev–Trinajstić information content (AvgIpc) is 2.88. The minimum absolute atomic E-state index is 0.399. The lowest BCUT2D eigenvalue weighted by Crippen LogP contribution is -2.38. The standard InChI is InChI=1S/C17H24N2O2/c1-18-9-3-2-4-15(18)8-11-19-10-7-13-5-6-14(17(20)21)12-16(13)19/h5-6,12,15H,2-4,7-11H2,1H3,(H,20,21). The van der Waals surface area contributed by atoms with Crippen LogP contribution in [0.4, 0.5) is 5.69 Å².